The Hall–Kier alpha value is -3.46. The highest BCUT2D eigenvalue weighted by Gasteiger charge is 2.21. The molecular weight excluding hydrogens is 414 g/mol. The number of benzene rings is 3. The van der Waals surface area contributed by atoms with Gasteiger partial charge in [-0.05, 0) is 66.7 Å². The van der Waals surface area contributed by atoms with Crippen molar-refractivity contribution in [3.8, 4) is 5.75 Å². The van der Waals surface area contributed by atoms with Crippen LogP contribution in [-0.4, -0.2) is 28.0 Å². The third-order valence-electron chi connectivity index (χ3n) is 4.15. The topological polar surface area (TPSA) is 75.7 Å². The first kappa shape index (κ1) is 21.3. The van der Waals surface area contributed by atoms with Crippen molar-refractivity contribution in [1.29, 1.82) is 0 Å². The third kappa shape index (κ3) is 5.12. The van der Waals surface area contributed by atoms with Gasteiger partial charge in [-0.3, -0.25) is 9.10 Å². The number of ether oxygens (including phenoxy) is 1. The number of rotatable bonds is 7. The van der Waals surface area contributed by atoms with E-state index in [1.807, 2.05) is 0 Å². The molecule has 6 nitrogen and oxygen atoms in total. The second-order valence-corrected chi connectivity index (χ2v) is 8.24. The van der Waals surface area contributed by atoms with Crippen LogP contribution in [0.1, 0.15) is 0 Å². The lowest BCUT2D eigenvalue weighted by Crippen LogP contribution is -2.26. The first-order chi connectivity index (χ1) is 14.3. The Morgan fingerprint density at radius 2 is 1.63 bits per heavy atom. The van der Waals surface area contributed by atoms with Gasteiger partial charge in [0.15, 0.2) is 6.61 Å². The van der Waals surface area contributed by atoms with E-state index in [1.165, 1.54) is 61.6 Å². The molecule has 0 radical (unpaired) electrons. The summed E-state index contributed by atoms with van der Waals surface area (Å²) in [7, 11) is -2.48. The van der Waals surface area contributed by atoms with Crippen LogP contribution in [0.2, 0.25) is 0 Å². The summed E-state index contributed by atoms with van der Waals surface area (Å²) in [4.78, 5) is 11.9. The fraction of sp³-hybridized carbons (Fsp3) is 0.0952. The average Bonchev–Trinajstić information content (AvgIpc) is 2.72. The lowest BCUT2D eigenvalue weighted by atomic mass is 10.3. The molecule has 3 rings (SSSR count). The van der Waals surface area contributed by atoms with Crippen molar-refractivity contribution < 1.29 is 26.7 Å². The average molecular weight is 432 g/mol. The molecule has 0 aromatic heterocycles. The van der Waals surface area contributed by atoms with Crippen LogP contribution in [0.3, 0.4) is 0 Å². The van der Waals surface area contributed by atoms with E-state index in [1.54, 1.807) is 6.07 Å². The van der Waals surface area contributed by atoms with Crippen molar-refractivity contribution >= 4 is 27.3 Å². The molecule has 3 aromatic rings. The molecule has 0 bridgehead atoms. The Balaban J connectivity index is 1.61. The van der Waals surface area contributed by atoms with Crippen molar-refractivity contribution in [1.82, 2.24) is 0 Å². The van der Waals surface area contributed by atoms with E-state index >= 15 is 0 Å². The molecule has 0 aliphatic carbocycles. The van der Waals surface area contributed by atoms with Crippen LogP contribution in [0.4, 0.5) is 20.2 Å². The molecule has 1 N–H and O–H groups in total. The zero-order valence-corrected chi connectivity index (χ0v) is 16.7. The summed E-state index contributed by atoms with van der Waals surface area (Å²) >= 11 is 0. The smallest absolute Gasteiger partial charge is 0.264 e. The second kappa shape index (κ2) is 8.91. The van der Waals surface area contributed by atoms with Gasteiger partial charge in [0.25, 0.3) is 15.9 Å². The van der Waals surface area contributed by atoms with Crippen LogP contribution < -0.4 is 14.4 Å². The summed E-state index contributed by atoms with van der Waals surface area (Å²) in [6.07, 6.45) is 0. The van der Waals surface area contributed by atoms with Crippen molar-refractivity contribution in [3.05, 3.63) is 84.4 Å². The summed E-state index contributed by atoms with van der Waals surface area (Å²) in [6, 6.07) is 16.1. The van der Waals surface area contributed by atoms with Crippen LogP contribution in [0.25, 0.3) is 0 Å². The predicted molar refractivity (Wildman–Crippen MR) is 109 cm³/mol. The number of amides is 1. The summed E-state index contributed by atoms with van der Waals surface area (Å²) in [5, 5.41) is 2.51. The molecule has 0 heterocycles. The van der Waals surface area contributed by atoms with Crippen LogP contribution >= 0.6 is 0 Å². The Kier molecular flexibility index (Phi) is 6.31. The zero-order chi connectivity index (χ0) is 21.7. The van der Waals surface area contributed by atoms with Gasteiger partial charge in [-0.1, -0.05) is 6.07 Å². The van der Waals surface area contributed by atoms with E-state index in [2.05, 4.69) is 5.32 Å². The first-order valence-electron chi connectivity index (χ1n) is 8.78. The van der Waals surface area contributed by atoms with E-state index in [-0.39, 0.29) is 11.5 Å². The molecule has 0 saturated carbocycles. The summed E-state index contributed by atoms with van der Waals surface area (Å²) in [5.41, 5.74) is 0.669. The summed E-state index contributed by atoms with van der Waals surface area (Å²) < 4.78 is 57.9. The highest BCUT2D eigenvalue weighted by atomic mass is 32.2. The molecule has 0 unspecified atom stereocenters. The molecule has 0 aliphatic heterocycles. The van der Waals surface area contributed by atoms with E-state index in [9.17, 15) is 22.0 Å². The van der Waals surface area contributed by atoms with E-state index in [0.717, 1.165) is 16.4 Å². The molecule has 0 aliphatic rings. The van der Waals surface area contributed by atoms with Gasteiger partial charge < -0.3 is 10.1 Å². The molecule has 156 valence electrons. The minimum Gasteiger partial charge on any atom is -0.484 e. The fourth-order valence-corrected chi connectivity index (χ4v) is 3.76. The van der Waals surface area contributed by atoms with Gasteiger partial charge in [-0.25, -0.2) is 17.2 Å². The van der Waals surface area contributed by atoms with Crippen LogP contribution in [0.15, 0.2) is 77.7 Å². The van der Waals surface area contributed by atoms with E-state index in [0.29, 0.717) is 17.1 Å². The zero-order valence-electron chi connectivity index (χ0n) is 15.9. The molecule has 1 amide bonds. The number of carbonyl (C=O) groups is 1. The summed E-state index contributed by atoms with van der Waals surface area (Å²) in [5.74, 6) is -1.12. The van der Waals surface area contributed by atoms with Crippen LogP contribution in [0, 0.1) is 11.6 Å². The first-order valence-corrected chi connectivity index (χ1v) is 10.2. The van der Waals surface area contributed by atoms with Crippen molar-refractivity contribution in [2.75, 3.05) is 23.3 Å². The molecule has 0 atom stereocenters. The Bertz CT molecular complexity index is 1130. The quantitative estimate of drug-likeness (QED) is 0.616. The van der Waals surface area contributed by atoms with Gasteiger partial charge in [0.05, 0.1) is 10.6 Å². The van der Waals surface area contributed by atoms with E-state index in [4.69, 9.17) is 4.74 Å². The molecule has 3 aromatic carbocycles. The molecular formula is C21H18F2N2O4S. The lowest BCUT2D eigenvalue weighted by molar-refractivity contribution is -0.118. The molecule has 30 heavy (non-hydrogen) atoms. The largest absolute Gasteiger partial charge is 0.484 e. The highest BCUT2D eigenvalue weighted by Crippen LogP contribution is 2.24. The molecule has 0 saturated heterocycles. The van der Waals surface area contributed by atoms with Crippen LogP contribution in [0.5, 0.6) is 5.75 Å². The number of sulfonamides is 1. The second-order valence-electron chi connectivity index (χ2n) is 6.27. The lowest BCUT2D eigenvalue weighted by Gasteiger charge is -2.20. The SMILES string of the molecule is CN(c1ccc(OCC(=O)Nc2cccc(F)c2)cc1)S(=O)(=O)c1ccc(F)cc1. The molecule has 9 heteroatoms. The number of nitrogens with zero attached hydrogens (tertiary/aromatic N) is 1. The number of nitrogens with one attached hydrogen (secondary N) is 1. The number of anilines is 2. The predicted octanol–water partition coefficient (Wildman–Crippen LogP) is 3.81. The Morgan fingerprint density at radius 3 is 2.27 bits per heavy atom. The maximum atomic E-state index is 13.1. The maximum absolute atomic E-state index is 13.1. The standard InChI is InChI=1S/C21H18F2N2O4S/c1-25(30(27,28)20-11-5-15(22)6-12-20)18-7-9-19(10-8-18)29-14-21(26)24-17-4-2-3-16(23)13-17/h2-13H,14H2,1H3,(H,24,26). The number of hydrogen-bond donors (Lipinski definition) is 1. The van der Waals surface area contributed by atoms with Crippen molar-refractivity contribution in [2.24, 2.45) is 0 Å². The van der Waals surface area contributed by atoms with Crippen LogP contribution in [-0.2, 0) is 14.8 Å². The molecule has 0 fully saturated rings. The van der Waals surface area contributed by atoms with Gasteiger partial charge in [0, 0.05) is 12.7 Å². The number of carbonyl (C=O) groups excluding carboxylic acids is 1. The van der Waals surface area contributed by atoms with Gasteiger partial charge >= 0.3 is 0 Å². The molecule has 0 spiro atoms. The van der Waals surface area contributed by atoms with Gasteiger partial charge in [-0.2, -0.15) is 0 Å². The van der Waals surface area contributed by atoms with Gasteiger partial charge in [0.2, 0.25) is 0 Å². The maximum Gasteiger partial charge on any atom is 0.264 e. The minimum atomic E-state index is -3.85. The third-order valence-corrected chi connectivity index (χ3v) is 5.95. The summed E-state index contributed by atoms with van der Waals surface area (Å²) in [6.45, 7) is -0.306. The van der Waals surface area contributed by atoms with Gasteiger partial charge in [-0.15, -0.1) is 0 Å². The number of hydrogen-bond acceptors (Lipinski definition) is 4. The fourth-order valence-electron chi connectivity index (χ4n) is 2.57. The monoisotopic (exact) mass is 432 g/mol. The van der Waals surface area contributed by atoms with Gasteiger partial charge in [0.1, 0.15) is 17.4 Å². The highest BCUT2D eigenvalue weighted by molar-refractivity contribution is 7.92. The van der Waals surface area contributed by atoms with E-state index < -0.39 is 27.6 Å². The Labute approximate surface area is 172 Å². The van der Waals surface area contributed by atoms with Crippen molar-refractivity contribution in [2.45, 2.75) is 4.90 Å². The van der Waals surface area contributed by atoms with Crippen molar-refractivity contribution in [3.63, 3.8) is 0 Å². The normalized spacial score (nSPS) is 11.0. The number of halogens is 2. The Morgan fingerprint density at radius 1 is 0.967 bits per heavy atom. The minimum absolute atomic E-state index is 0.0410.